The van der Waals surface area contributed by atoms with E-state index in [0.29, 0.717) is 6.54 Å². The number of nitrogens with one attached hydrogen (secondary N) is 1. The lowest BCUT2D eigenvalue weighted by Gasteiger charge is -2.12. The number of carbonyl (C=O) groups excluding carboxylic acids is 1. The first kappa shape index (κ1) is 14.5. The Balaban J connectivity index is 2.38. The number of hydrogen-bond donors (Lipinski definition) is 2. The van der Waals surface area contributed by atoms with Crippen molar-refractivity contribution in [1.82, 2.24) is 5.32 Å². The summed E-state index contributed by atoms with van der Waals surface area (Å²) in [5.74, 6) is 0.679. The highest BCUT2D eigenvalue weighted by molar-refractivity contribution is 5.77. The topological polar surface area (TPSA) is 64.3 Å². The first-order chi connectivity index (χ1) is 8.50. The van der Waals surface area contributed by atoms with E-state index < -0.39 is 0 Å². The molecule has 1 aromatic carbocycles. The van der Waals surface area contributed by atoms with E-state index in [1.165, 1.54) is 0 Å². The lowest BCUT2D eigenvalue weighted by molar-refractivity contribution is -0.123. The van der Waals surface area contributed by atoms with Gasteiger partial charge in [0.25, 0.3) is 5.91 Å². The van der Waals surface area contributed by atoms with Gasteiger partial charge in [-0.2, -0.15) is 0 Å². The van der Waals surface area contributed by atoms with E-state index in [4.69, 9.17) is 10.5 Å². The van der Waals surface area contributed by atoms with Crippen LogP contribution in [0.25, 0.3) is 0 Å². The molecule has 18 heavy (non-hydrogen) atoms. The van der Waals surface area contributed by atoms with Crippen molar-refractivity contribution >= 4 is 5.91 Å². The second-order valence-corrected chi connectivity index (χ2v) is 4.63. The summed E-state index contributed by atoms with van der Waals surface area (Å²) in [5, 5.41) is 2.78. The van der Waals surface area contributed by atoms with Gasteiger partial charge in [0.2, 0.25) is 0 Å². The minimum Gasteiger partial charge on any atom is -0.483 e. The molecule has 0 radical (unpaired) electrons. The predicted octanol–water partition coefficient (Wildman–Crippen LogP) is 1.54. The van der Waals surface area contributed by atoms with E-state index in [1.54, 1.807) is 0 Å². The number of rotatable bonds is 6. The molecule has 0 aliphatic rings. The van der Waals surface area contributed by atoms with Crippen molar-refractivity contribution in [3.05, 3.63) is 29.3 Å². The fraction of sp³-hybridized carbons (Fsp3) is 0.500. The first-order valence-electron chi connectivity index (χ1n) is 6.22. The Labute approximate surface area is 109 Å². The van der Waals surface area contributed by atoms with Crippen molar-refractivity contribution in [3.8, 4) is 5.75 Å². The quantitative estimate of drug-likeness (QED) is 0.805. The highest BCUT2D eigenvalue weighted by Gasteiger charge is 2.06. The number of carbonyl (C=O) groups is 1. The Morgan fingerprint density at radius 2 is 2.00 bits per heavy atom. The zero-order valence-electron chi connectivity index (χ0n) is 11.3. The second kappa shape index (κ2) is 7.01. The lowest BCUT2D eigenvalue weighted by Crippen LogP contribution is -2.32. The molecule has 1 rings (SSSR count). The maximum atomic E-state index is 11.5. The number of nitrogens with two attached hydrogens (primary N) is 1. The zero-order valence-corrected chi connectivity index (χ0v) is 11.3. The van der Waals surface area contributed by atoms with E-state index in [1.807, 2.05) is 39.0 Å². The molecule has 100 valence electrons. The van der Waals surface area contributed by atoms with Crippen LogP contribution in [0, 0.1) is 13.8 Å². The van der Waals surface area contributed by atoms with Crippen molar-refractivity contribution in [2.24, 2.45) is 5.73 Å². The molecule has 0 aromatic heterocycles. The largest absolute Gasteiger partial charge is 0.483 e. The van der Waals surface area contributed by atoms with Gasteiger partial charge in [0.15, 0.2) is 6.61 Å². The third-order valence-electron chi connectivity index (χ3n) is 2.68. The maximum absolute atomic E-state index is 11.5. The summed E-state index contributed by atoms with van der Waals surface area (Å²) in [7, 11) is 0. The Bertz CT molecular complexity index is 383. The monoisotopic (exact) mass is 250 g/mol. The molecule has 0 heterocycles. The van der Waals surface area contributed by atoms with E-state index in [9.17, 15) is 4.79 Å². The highest BCUT2D eigenvalue weighted by atomic mass is 16.5. The van der Waals surface area contributed by atoms with Crippen LogP contribution in [0.3, 0.4) is 0 Å². The maximum Gasteiger partial charge on any atom is 0.257 e. The van der Waals surface area contributed by atoms with E-state index in [0.717, 1.165) is 23.3 Å². The molecule has 0 aliphatic heterocycles. The van der Waals surface area contributed by atoms with Crippen LogP contribution in [0.2, 0.25) is 0 Å². The number of hydrogen-bond acceptors (Lipinski definition) is 3. The van der Waals surface area contributed by atoms with Crippen molar-refractivity contribution in [2.45, 2.75) is 33.2 Å². The smallest absolute Gasteiger partial charge is 0.257 e. The minimum atomic E-state index is -0.113. The Kier molecular flexibility index (Phi) is 5.65. The highest BCUT2D eigenvalue weighted by Crippen LogP contribution is 2.21. The van der Waals surface area contributed by atoms with Gasteiger partial charge in [-0.15, -0.1) is 0 Å². The summed E-state index contributed by atoms with van der Waals surface area (Å²) >= 11 is 0. The zero-order chi connectivity index (χ0) is 13.5. The fourth-order valence-electron chi connectivity index (χ4n) is 1.65. The Hall–Kier alpha value is -1.55. The summed E-state index contributed by atoms with van der Waals surface area (Å²) in [6.45, 7) is 6.49. The van der Waals surface area contributed by atoms with Crippen LogP contribution in [0.4, 0.5) is 0 Å². The molecule has 0 bridgehead atoms. The Morgan fingerprint density at radius 1 is 1.39 bits per heavy atom. The summed E-state index contributed by atoms with van der Waals surface area (Å²) in [4.78, 5) is 11.5. The summed E-state index contributed by atoms with van der Waals surface area (Å²) in [6, 6.07) is 6.01. The SMILES string of the molecule is Cc1cccc(C)c1OCC(=O)NCCC(C)N. The summed E-state index contributed by atoms with van der Waals surface area (Å²) in [5.41, 5.74) is 7.68. The van der Waals surface area contributed by atoms with Gasteiger partial charge in [0, 0.05) is 12.6 Å². The van der Waals surface area contributed by atoms with Crippen molar-refractivity contribution in [2.75, 3.05) is 13.2 Å². The number of amides is 1. The molecular weight excluding hydrogens is 228 g/mol. The van der Waals surface area contributed by atoms with Gasteiger partial charge < -0.3 is 15.8 Å². The van der Waals surface area contributed by atoms with Crippen molar-refractivity contribution in [1.29, 1.82) is 0 Å². The normalized spacial score (nSPS) is 12.0. The van der Waals surface area contributed by atoms with Gasteiger partial charge >= 0.3 is 0 Å². The van der Waals surface area contributed by atoms with Gasteiger partial charge in [-0.05, 0) is 38.3 Å². The fourth-order valence-corrected chi connectivity index (χ4v) is 1.65. The van der Waals surface area contributed by atoms with Crippen LogP contribution in [0.15, 0.2) is 18.2 Å². The molecule has 1 amide bonds. The Morgan fingerprint density at radius 3 is 2.56 bits per heavy atom. The van der Waals surface area contributed by atoms with Crippen LogP contribution in [0.1, 0.15) is 24.5 Å². The predicted molar refractivity (Wildman–Crippen MR) is 72.7 cm³/mol. The third kappa shape index (κ3) is 4.75. The van der Waals surface area contributed by atoms with Gasteiger partial charge in [0.1, 0.15) is 5.75 Å². The third-order valence-corrected chi connectivity index (χ3v) is 2.68. The number of para-hydroxylation sites is 1. The molecule has 4 nitrogen and oxygen atoms in total. The molecule has 0 saturated carbocycles. The number of aryl methyl sites for hydroxylation is 2. The molecule has 1 unspecified atom stereocenters. The van der Waals surface area contributed by atoms with Gasteiger partial charge in [-0.25, -0.2) is 0 Å². The van der Waals surface area contributed by atoms with E-state index in [2.05, 4.69) is 5.32 Å². The standard InChI is InChI=1S/C14H22N2O2/c1-10-5-4-6-11(2)14(10)18-9-13(17)16-8-7-12(3)15/h4-6,12H,7-9,15H2,1-3H3,(H,16,17). The second-order valence-electron chi connectivity index (χ2n) is 4.63. The molecule has 0 spiro atoms. The van der Waals surface area contributed by atoms with E-state index >= 15 is 0 Å². The molecule has 4 heteroatoms. The molecule has 1 aromatic rings. The molecule has 1 atom stereocenters. The van der Waals surface area contributed by atoms with Gasteiger partial charge in [-0.3, -0.25) is 4.79 Å². The lowest BCUT2D eigenvalue weighted by atomic mass is 10.1. The molecule has 0 aliphatic carbocycles. The van der Waals surface area contributed by atoms with Crippen LogP contribution >= 0.6 is 0 Å². The van der Waals surface area contributed by atoms with E-state index in [-0.39, 0.29) is 18.6 Å². The molecule has 3 N–H and O–H groups in total. The van der Waals surface area contributed by atoms with Crippen LogP contribution in [-0.4, -0.2) is 25.1 Å². The summed E-state index contributed by atoms with van der Waals surface area (Å²) < 4.78 is 5.54. The molecule has 0 saturated heterocycles. The molecular formula is C14H22N2O2. The van der Waals surface area contributed by atoms with Crippen LogP contribution in [0.5, 0.6) is 5.75 Å². The van der Waals surface area contributed by atoms with Crippen molar-refractivity contribution < 1.29 is 9.53 Å². The molecule has 0 fully saturated rings. The number of benzene rings is 1. The summed E-state index contributed by atoms with van der Waals surface area (Å²) in [6.07, 6.45) is 0.773. The first-order valence-corrected chi connectivity index (χ1v) is 6.22. The minimum absolute atomic E-state index is 0.0463. The van der Waals surface area contributed by atoms with Gasteiger partial charge in [-0.1, -0.05) is 18.2 Å². The van der Waals surface area contributed by atoms with Crippen molar-refractivity contribution in [3.63, 3.8) is 0 Å². The van der Waals surface area contributed by atoms with Crippen LogP contribution in [-0.2, 0) is 4.79 Å². The van der Waals surface area contributed by atoms with Crippen LogP contribution < -0.4 is 15.8 Å². The average Bonchev–Trinajstić information content (AvgIpc) is 2.27. The number of ether oxygens (including phenoxy) is 1. The average molecular weight is 250 g/mol. The van der Waals surface area contributed by atoms with Gasteiger partial charge in [0.05, 0.1) is 0 Å².